The Bertz CT molecular complexity index is 1300. The van der Waals surface area contributed by atoms with Crippen LogP contribution in [0.15, 0.2) is 36.7 Å². The second-order valence-electron chi connectivity index (χ2n) is 9.28. The van der Waals surface area contributed by atoms with Crippen LogP contribution in [0.2, 0.25) is 0 Å². The molecule has 0 radical (unpaired) electrons. The predicted molar refractivity (Wildman–Crippen MR) is 131 cm³/mol. The summed E-state index contributed by atoms with van der Waals surface area (Å²) >= 11 is 0. The van der Waals surface area contributed by atoms with E-state index in [4.69, 9.17) is 0 Å². The minimum atomic E-state index is -4.52. The van der Waals surface area contributed by atoms with E-state index in [-0.39, 0.29) is 18.1 Å². The average Bonchev–Trinajstić information content (AvgIpc) is 2.96. The highest BCUT2D eigenvalue weighted by Gasteiger charge is 2.32. The van der Waals surface area contributed by atoms with Crippen molar-refractivity contribution >= 4 is 29.0 Å². The molecule has 1 amide bonds. The van der Waals surface area contributed by atoms with E-state index in [9.17, 15) is 18.0 Å². The summed E-state index contributed by atoms with van der Waals surface area (Å²) in [6.07, 6.45) is 0.786. The zero-order chi connectivity index (χ0) is 25.4. The van der Waals surface area contributed by atoms with Gasteiger partial charge in [0.05, 0.1) is 35.2 Å². The van der Waals surface area contributed by atoms with Crippen molar-refractivity contribution in [2.45, 2.75) is 38.4 Å². The van der Waals surface area contributed by atoms with Crippen LogP contribution in [0.5, 0.6) is 0 Å². The van der Waals surface area contributed by atoms with Gasteiger partial charge in [0.25, 0.3) is 0 Å². The van der Waals surface area contributed by atoms with Gasteiger partial charge in [0.1, 0.15) is 5.82 Å². The number of piperidine rings is 1. The second kappa shape index (κ2) is 9.38. The summed E-state index contributed by atoms with van der Waals surface area (Å²) in [5.74, 6) is 0.635. The Kier molecular flexibility index (Phi) is 6.25. The third-order valence-corrected chi connectivity index (χ3v) is 6.52. The first-order chi connectivity index (χ1) is 17.2. The maximum atomic E-state index is 13.2. The van der Waals surface area contributed by atoms with Crippen LogP contribution in [0.25, 0.3) is 11.3 Å². The normalized spacial score (nSPS) is 16.5. The van der Waals surface area contributed by atoms with Crippen molar-refractivity contribution in [2.75, 3.05) is 36.1 Å². The molecule has 36 heavy (non-hydrogen) atoms. The van der Waals surface area contributed by atoms with E-state index in [1.54, 1.807) is 6.20 Å². The predicted octanol–water partition coefficient (Wildman–Crippen LogP) is 4.61. The number of benzene rings is 1. The molecule has 188 valence electrons. The number of halogens is 3. The monoisotopic (exact) mass is 497 g/mol. The number of hydrogen-bond acceptors (Lipinski definition) is 7. The molecule has 0 bridgehead atoms. The highest BCUT2D eigenvalue weighted by molar-refractivity contribution is 6.00. The summed E-state index contributed by atoms with van der Waals surface area (Å²) in [6.45, 7) is 4.05. The summed E-state index contributed by atoms with van der Waals surface area (Å²) in [6, 6.07) is 5.59. The average molecular weight is 498 g/mol. The minimum absolute atomic E-state index is 0.0381. The van der Waals surface area contributed by atoms with Crippen LogP contribution in [0.4, 0.5) is 36.3 Å². The van der Waals surface area contributed by atoms with Gasteiger partial charge in [0, 0.05) is 23.4 Å². The molecular formula is C25H26F3N7O. The molecule has 5 rings (SSSR count). The fourth-order valence-corrected chi connectivity index (χ4v) is 4.48. The van der Waals surface area contributed by atoms with E-state index in [1.807, 2.05) is 13.0 Å². The molecule has 0 saturated carbocycles. The Balaban J connectivity index is 1.39. The summed E-state index contributed by atoms with van der Waals surface area (Å²) in [4.78, 5) is 28.0. The number of aromatic nitrogens is 3. The van der Waals surface area contributed by atoms with Crippen LogP contribution >= 0.6 is 0 Å². The smallest absolute Gasteiger partial charge is 0.367 e. The molecule has 3 N–H and O–H groups in total. The van der Waals surface area contributed by atoms with E-state index in [2.05, 4.69) is 42.8 Å². The molecule has 2 aliphatic rings. The van der Waals surface area contributed by atoms with Crippen molar-refractivity contribution < 1.29 is 18.0 Å². The fourth-order valence-electron chi connectivity index (χ4n) is 4.48. The maximum Gasteiger partial charge on any atom is 0.416 e. The van der Waals surface area contributed by atoms with Gasteiger partial charge in [-0.3, -0.25) is 4.79 Å². The van der Waals surface area contributed by atoms with Crippen LogP contribution in [-0.2, 0) is 17.4 Å². The Morgan fingerprint density at radius 3 is 2.61 bits per heavy atom. The maximum absolute atomic E-state index is 13.2. The van der Waals surface area contributed by atoms with E-state index >= 15 is 0 Å². The van der Waals surface area contributed by atoms with Crippen LogP contribution in [0, 0.1) is 6.92 Å². The third kappa shape index (κ3) is 5.11. The van der Waals surface area contributed by atoms with Gasteiger partial charge in [0.2, 0.25) is 11.9 Å². The van der Waals surface area contributed by atoms with Gasteiger partial charge in [-0.25, -0.2) is 15.0 Å². The molecule has 0 atom stereocenters. The molecule has 4 heterocycles. The number of carbonyl (C=O) groups is 1. The highest BCUT2D eigenvalue weighted by atomic mass is 19.4. The molecule has 3 aromatic rings. The van der Waals surface area contributed by atoms with E-state index in [0.717, 1.165) is 49.4 Å². The lowest BCUT2D eigenvalue weighted by Crippen LogP contribution is -2.36. The van der Waals surface area contributed by atoms with Gasteiger partial charge in [-0.15, -0.1) is 0 Å². The number of anilines is 4. The van der Waals surface area contributed by atoms with Crippen LogP contribution in [0.1, 0.15) is 29.5 Å². The lowest BCUT2D eigenvalue weighted by atomic mass is 10.0. The first-order valence-electron chi connectivity index (χ1n) is 11.7. The van der Waals surface area contributed by atoms with Crippen molar-refractivity contribution in [1.82, 2.24) is 19.9 Å². The van der Waals surface area contributed by atoms with Crippen molar-refractivity contribution in [2.24, 2.45) is 0 Å². The molecule has 2 aliphatic heterocycles. The first kappa shape index (κ1) is 24.0. The second-order valence-corrected chi connectivity index (χ2v) is 9.28. The van der Waals surface area contributed by atoms with Gasteiger partial charge >= 0.3 is 6.18 Å². The van der Waals surface area contributed by atoms with Crippen molar-refractivity contribution in [3.05, 3.63) is 53.3 Å². The van der Waals surface area contributed by atoms with Crippen LogP contribution < -0.4 is 16.0 Å². The van der Waals surface area contributed by atoms with Gasteiger partial charge in [0.15, 0.2) is 0 Å². The van der Waals surface area contributed by atoms with Crippen LogP contribution in [-0.4, -0.2) is 51.9 Å². The largest absolute Gasteiger partial charge is 0.416 e. The molecule has 0 aliphatic carbocycles. The van der Waals surface area contributed by atoms with Gasteiger partial charge in [-0.05, 0) is 63.7 Å². The van der Waals surface area contributed by atoms with Gasteiger partial charge < -0.3 is 20.9 Å². The number of nitrogens with zero attached hydrogens (tertiary/aromatic N) is 4. The number of nitrogens with one attached hydrogen (secondary N) is 3. The molecule has 2 aromatic heterocycles. The summed E-state index contributed by atoms with van der Waals surface area (Å²) < 4.78 is 39.6. The molecule has 8 nitrogen and oxygen atoms in total. The van der Waals surface area contributed by atoms with E-state index in [1.165, 1.54) is 12.3 Å². The molecule has 0 unspecified atom stereocenters. The number of aryl methyl sites for hydroxylation is 1. The summed E-state index contributed by atoms with van der Waals surface area (Å²) in [5, 5.41) is 9.20. The third-order valence-electron chi connectivity index (χ3n) is 6.52. The zero-order valence-electron chi connectivity index (χ0n) is 19.9. The highest BCUT2D eigenvalue weighted by Crippen LogP contribution is 2.38. The quantitative estimate of drug-likeness (QED) is 0.485. The van der Waals surface area contributed by atoms with Crippen molar-refractivity contribution in [1.29, 1.82) is 0 Å². The number of carbonyl (C=O) groups excluding carboxylic acids is 1. The molecule has 1 aromatic carbocycles. The number of pyridine rings is 1. The SMILES string of the molecule is Cc1cc(NC2CCN(C)CC2)ncc1Nc1ncc2c(n1)-c1ccc(C(F)(F)F)cc1NC(=O)C2. The Morgan fingerprint density at radius 2 is 1.89 bits per heavy atom. The number of amides is 1. The number of likely N-dealkylation sites (tertiary alicyclic amines) is 1. The zero-order valence-corrected chi connectivity index (χ0v) is 19.9. The van der Waals surface area contributed by atoms with Gasteiger partial charge in [-0.2, -0.15) is 13.2 Å². The number of fused-ring (bicyclic) bond motifs is 3. The van der Waals surface area contributed by atoms with E-state index in [0.29, 0.717) is 28.6 Å². The lowest BCUT2D eigenvalue weighted by Gasteiger charge is -2.29. The Hall–Kier alpha value is -3.73. The first-order valence-corrected chi connectivity index (χ1v) is 11.7. The molecule has 0 spiro atoms. The minimum Gasteiger partial charge on any atom is -0.367 e. The fraction of sp³-hybridized carbons (Fsp3) is 0.360. The molecule has 1 saturated heterocycles. The van der Waals surface area contributed by atoms with E-state index < -0.39 is 17.6 Å². The Labute approximate surface area is 206 Å². The number of hydrogen-bond donors (Lipinski definition) is 3. The topological polar surface area (TPSA) is 95.1 Å². The molecule has 1 fully saturated rings. The summed E-state index contributed by atoms with van der Waals surface area (Å²) in [7, 11) is 2.12. The Morgan fingerprint density at radius 1 is 1.11 bits per heavy atom. The molecular weight excluding hydrogens is 471 g/mol. The number of rotatable bonds is 4. The lowest BCUT2D eigenvalue weighted by molar-refractivity contribution is -0.137. The van der Waals surface area contributed by atoms with Crippen LogP contribution in [0.3, 0.4) is 0 Å². The molecule has 11 heteroatoms. The summed E-state index contributed by atoms with van der Waals surface area (Å²) in [5.41, 5.74) is 2.21. The van der Waals surface area contributed by atoms with Gasteiger partial charge in [-0.1, -0.05) is 6.07 Å². The standard InChI is InChI=1S/C25H26F3N7O/c1-14-9-21(31-17-5-7-35(2)8-6-17)29-13-20(14)33-24-30-12-15-10-22(36)32-19-11-16(25(26,27)28)3-4-18(19)23(15)34-24/h3-4,9,11-13,17H,5-8,10H2,1-2H3,(H,29,31)(H,32,36)(H,30,33,34). The number of alkyl halides is 3. The van der Waals surface area contributed by atoms with Crippen molar-refractivity contribution in [3.63, 3.8) is 0 Å². The van der Waals surface area contributed by atoms with Crippen molar-refractivity contribution in [3.8, 4) is 11.3 Å².